The molecule has 0 aliphatic heterocycles. The molecule has 82 valence electrons. The minimum absolute atomic E-state index is 0.365. The molecule has 0 heterocycles. The fourth-order valence-electron chi connectivity index (χ4n) is 1.52. The predicted molar refractivity (Wildman–Crippen MR) is 61.7 cm³/mol. The summed E-state index contributed by atoms with van der Waals surface area (Å²) in [5.41, 5.74) is 11.0. The Balaban J connectivity index is 3.09. The summed E-state index contributed by atoms with van der Waals surface area (Å²) in [6.45, 7) is 2.22. The highest BCUT2D eigenvalue weighted by Crippen LogP contribution is 2.27. The van der Waals surface area contributed by atoms with Crippen LogP contribution in [0.2, 0.25) is 5.02 Å². The zero-order valence-corrected chi connectivity index (χ0v) is 9.42. The molecule has 0 aliphatic carbocycles. The van der Waals surface area contributed by atoms with Crippen LogP contribution >= 0.6 is 11.6 Å². The van der Waals surface area contributed by atoms with Crippen molar-refractivity contribution in [3.63, 3.8) is 0 Å². The largest absolute Gasteiger partial charge is 0.369 e. The van der Waals surface area contributed by atoms with Gasteiger partial charge >= 0.3 is 0 Å². The maximum Gasteiger partial charge on any atom is 0.227 e. The lowest BCUT2D eigenvalue weighted by Gasteiger charge is -2.25. The molecule has 0 radical (unpaired) electrons. The molecule has 0 bridgehead atoms. The standard InChI is InChI=1S/C11H15ClN2O/c1-11(6-7-13,10(14)15)8-2-4-9(12)5-3-8/h2-5H,6-7,13H2,1H3,(H2,14,15). The zero-order chi connectivity index (χ0) is 11.5. The first-order valence-corrected chi connectivity index (χ1v) is 5.14. The van der Waals surface area contributed by atoms with E-state index in [9.17, 15) is 4.79 Å². The quantitative estimate of drug-likeness (QED) is 0.816. The van der Waals surface area contributed by atoms with Gasteiger partial charge in [-0.25, -0.2) is 0 Å². The van der Waals surface area contributed by atoms with Gasteiger partial charge < -0.3 is 11.5 Å². The van der Waals surface area contributed by atoms with Crippen molar-refractivity contribution in [1.29, 1.82) is 0 Å². The number of hydrogen-bond acceptors (Lipinski definition) is 2. The molecule has 15 heavy (non-hydrogen) atoms. The average Bonchev–Trinajstić information content (AvgIpc) is 2.18. The normalized spacial score (nSPS) is 14.6. The van der Waals surface area contributed by atoms with Crippen molar-refractivity contribution < 1.29 is 4.79 Å². The fourth-order valence-corrected chi connectivity index (χ4v) is 1.64. The van der Waals surface area contributed by atoms with E-state index in [0.717, 1.165) is 5.56 Å². The number of carbonyl (C=O) groups is 1. The van der Waals surface area contributed by atoms with Crippen LogP contribution in [0.1, 0.15) is 18.9 Å². The maximum absolute atomic E-state index is 11.4. The lowest BCUT2D eigenvalue weighted by atomic mass is 9.79. The van der Waals surface area contributed by atoms with Crippen molar-refractivity contribution in [1.82, 2.24) is 0 Å². The molecule has 0 aliphatic rings. The van der Waals surface area contributed by atoms with Gasteiger partial charge in [0.05, 0.1) is 5.41 Å². The molecule has 0 spiro atoms. The molecule has 0 saturated heterocycles. The molecular formula is C11H15ClN2O. The van der Waals surface area contributed by atoms with Crippen molar-refractivity contribution in [2.24, 2.45) is 11.5 Å². The summed E-state index contributed by atoms with van der Waals surface area (Å²) in [6, 6.07) is 7.11. The summed E-state index contributed by atoms with van der Waals surface area (Å²) in [7, 11) is 0. The Morgan fingerprint density at radius 2 is 1.93 bits per heavy atom. The Bertz CT molecular complexity index is 350. The summed E-state index contributed by atoms with van der Waals surface area (Å²) in [4.78, 5) is 11.4. The number of rotatable bonds is 4. The molecule has 1 unspecified atom stereocenters. The molecule has 0 aromatic heterocycles. The third-order valence-corrected chi connectivity index (χ3v) is 2.92. The molecule has 1 amide bonds. The second kappa shape index (κ2) is 4.64. The van der Waals surface area contributed by atoms with Crippen LogP contribution in [-0.2, 0) is 10.2 Å². The van der Waals surface area contributed by atoms with Gasteiger partial charge in [-0.1, -0.05) is 23.7 Å². The Morgan fingerprint density at radius 1 is 1.40 bits per heavy atom. The summed E-state index contributed by atoms with van der Waals surface area (Å²) >= 11 is 5.78. The molecule has 0 fully saturated rings. The van der Waals surface area contributed by atoms with Crippen LogP contribution < -0.4 is 11.5 Å². The van der Waals surface area contributed by atoms with Crippen LogP contribution in [0.3, 0.4) is 0 Å². The van der Waals surface area contributed by atoms with Crippen molar-refractivity contribution >= 4 is 17.5 Å². The Kier molecular flexibility index (Phi) is 3.72. The first-order chi connectivity index (χ1) is 7.00. The molecule has 4 N–H and O–H groups in total. The van der Waals surface area contributed by atoms with Gasteiger partial charge in [0.25, 0.3) is 0 Å². The van der Waals surface area contributed by atoms with E-state index >= 15 is 0 Å². The summed E-state index contributed by atoms with van der Waals surface area (Å²) in [5, 5.41) is 0.637. The minimum Gasteiger partial charge on any atom is -0.369 e. The van der Waals surface area contributed by atoms with Crippen LogP contribution in [0.25, 0.3) is 0 Å². The topological polar surface area (TPSA) is 69.1 Å². The summed E-state index contributed by atoms with van der Waals surface area (Å²) < 4.78 is 0. The first kappa shape index (κ1) is 12.0. The van der Waals surface area contributed by atoms with Crippen molar-refractivity contribution in [3.05, 3.63) is 34.9 Å². The molecule has 1 aromatic carbocycles. The molecular weight excluding hydrogens is 212 g/mol. The Hall–Kier alpha value is -1.06. The van der Waals surface area contributed by atoms with E-state index < -0.39 is 5.41 Å². The van der Waals surface area contributed by atoms with E-state index in [1.807, 2.05) is 12.1 Å². The molecule has 1 rings (SSSR count). The van der Waals surface area contributed by atoms with Gasteiger partial charge in [0.2, 0.25) is 5.91 Å². The highest BCUT2D eigenvalue weighted by Gasteiger charge is 2.32. The van der Waals surface area contributed by atoms with Gasteiger partial charge in [0.1, 0.15) is 0 Å². The highest BCUT2D eigenvalue weighted by molar-refractivity contribution is 6.30. The number of carbonyl (C=O) groups excluding carboxylic acids is 1. The van der Waals surface area contributed by atoms with E-state index in [4.69, 9.17) is 23.1 Å². The van der Waals surface area contributed by atoms with Gasteiger partial charge in [-0.05, 0) is 37.6 Å². The maximum atomic E-state index is 11.4. The van der Waals surface area contributed by atoms with Gasteiger partial charge in [-0.3, -0.25) is 4.79 Å². The number of benzene rings is 1. The number of hydrogen-bond donors (Lipinski definition) is 2. The second-order valence-electron chi connectivity index (χ2n) is 3.74. The van der Waals surface area contributed by atoms with Gasteiger partial charge in [0.15, 0.2) is 0 Å². The second-order valence-corrected chi connectivity index (χ2v) is 4.18. The van der Waals surface area contributed by atoms with Crippen LogP contribution in [0, 0.1) is 0 Å². The van der Waals surface area contributed by atoms with E-state index in [-0.39, 0.29) is 5.91 Å². The monoisotopic (exact) mass is 226 g/mol. The number of primary amides is 1. The van der Waals surface area contributed by atoms with E-state index in [1.165, 1.54) is 0 Å². The van der Waals surface area contributed by atoms with Gasteiger partial charge in [-0.2, -0.15) is 0 Å². The smallest absolute Gasteiger partial charge is 0.227 e. The molecule has 1 atom stereocenters. The van der Waals surface area contributed by atoms with Crippen LogP contribution in [0.5, 0.6) is 0 Å². The van der Waals surface area contributed by atoms with Gasteiger partial charge in [-0.15, -0.1) is 0 Å². The lowest BCUT2D eigenvalue weighted by molar-refractivity contribution is -0.123. The van der Waals surface area contributed by atoms with Crippen LogP contribution in [-0.4, -0.2) is 12.5 Å². The SMILES string of the molecule is CC(CCN)(C(N)=O)c1ccc(Cl)cc1. The van der Waals surface area contributed by atoms with Crippen LogP contribution in [0.15, 0.2) is 24.3 Å². The Morgan fingerprint density at radius 3 is 2.33 bits per heavy atom. The Labute approximate surface area is 94.4 Å². The van der Waals surface area contributed by atoms with Crippen molar-refractivity contribution in [3.8, 4) is 0 Å². The highest BCUT2D eigenvalue weighted by atomic mass is 35.5. The van der Waals surface area contributed by atoms with E-state index in [2.05, 4.69) is 0 Å². The van der Waals surface area contributed by atoms with Gasteiger partial charge in [0, 0.05) is 5.02 Å². The summed E-state index contributed by atoms with van der Waals surface area (Å²) in [5.74, 6) is -0.365. The van der Waals surface area contributed by atoms with E-state index in [1.54, 1.807) is 19.1 Å². The predicted octanol–water partition coefficient (Wildman–Crippen LogP) is 1.43. The third kappa shape index (κ3) is 2.49. The number of nitrogens with two attached hydrogens (primary N) is 2. The average molecular weight is 227 g/mol. The first-order valence-electron chi connectivity index (χ1n) is 4.76. The number of halogens is 1. The molecule has 4 heteroatoms. The lowest BCUT2D eigenvalue weighted by Crippen LogP contribution is -2.40. The third-order valence-electron chi connectivity index (χ3n) is 2.67. The summed E-state index contributed by atoms with van der Waals surface area (Å²) in [6.07, 6.45) is 0.532. The number of amides is 1. The van der Waals surface area contributed by atoms with Crippen LogP contribution in [0.4, 0.5) is 0 Å². The van der Waals surface area contributed by atoms with Crippen molar-refractivity contribution in [2.75, 3.05) is 6.54 Å². The minimum atomic E-state index is -0.709. The molecule has 0 saturated carbocycles. The van der Waals surface area contributed by atoms with Crippen molar-refractivity contribution in [2.45, 2.75) is 18.8 Å². The fraction of sp³-hybridized carbons (Fsp3) is 0.364. The van der Waals surface area contributed by atoms with E-state index in [0.29, 0.717) is 18.0 Å². The zero-order valence-electron chi connectivity index (χ0n) is 8.66. The molecule has 1 aromatic rings. The molecule has 3 nitrogen and oxygen atoms in total.